The van der Waals surface area contributed by atoms with Gasteiger partial charge in [-0.15, -0.1) is 0 Å². The summed E-state index contributed by atoms with van der Waals surface area (Å²) in [7, 11) is -1.44. The summed E-state index contributed by atoms with van der Waals surface area (Å²) in [5.74, 6) is -1.42. The van der Waals surface area contributed by atoms with Crippen LogP contribution in [0.25, 0.3) is 22.2 Å². The van der Waals surface area contributed by atoms with Gasteiger partial charge >= 0.3 is 12.4 Å². The summed E-state index contributed by atoms with van der Waals surface area (Å²) < 4.78 is 103. The van der Waals surface area contributed by atoms with Crippen molar-refractivity contribution in [3.05, 3.63) is 80.6 Å². The van der Waals surface area contributed by atoms with Crippen LogP contribution in [0.1, 0.15) is 24.5 Å². The van der Waals surface area contributed by atoms with Crippen LogP contribution in [0.15, 0.2) is 52.6 Å². The Morgan fingerprint density at radius 1 is 1.02 bits per heavy atom. The van der Waals surface area contributed by atoms with E-state index in [1.807, 2.05) is 0 Å². The first kappa shape index (κ1) is 35.2. The number of halogens is 7. The van der Waals surface area contributed by atoms with E-state index in [0.717, 1.165) is 18.3 Å². The second-order valence-electron chi connectivity index (χ2n) is 13.2. The predicted octanol–water partition coefficient (Wildman–Crippen LogP) is 6.64. The summed E-state index contributed by atoms with van der Waals surface area (Å²) in [5, 5.41) is 7.03. The second kappa shape index (κ2) is 13.1. The zero-order valence-corrected chi connectivity index (χ0v) is 27.4. The number of aromatic nitrogens is 5. The molecule has 1 aromatic carbocycles. The maximum Gasteiger partial charge on any atom is 0.423 e. The van der Waals surface area contributed by atoms with E-state index < -0.39 is 66.9 Å². The molecule has 258 valence electrons. The van der Waals surface area contributed by atoms with E-state index in [4.69, 9.17) is 4.74 Å². The van der Waals surface area contributed by atoms with Gasteiger partial charge in [-0.05, 0) is 54.8 Å². The van der Waals surface area contributed by atoms with Gasteiger partial charge in [-0.3, -0.25) is 9.59 Å². The molecule has 1 N–H and O–H groups in total. The first-order valence-corrected chi connectivity index (χ1v) is 18.8. The molecule has 1 fully saturated rings. The molecule has 0 bridgehead atoms. The predicted molar refractivity (Wildman–Crippen MR) is 166 cm³/mol. The molecule has 0 aliphatic heterocycles. The summed E-state index contributed by atoms with van der Waals surface area (Å²) >= 11 is 0. The van der Waals surface area contributed by atoms with Crippen molar-refractivity contribution >= 4 is 24.5 Å². The number of nitrogens with zero attached hydrogens (tertiary/aromatic N) is 5. The van der Waals surface area contributed by atoms with E-state index in [1.54, 1.807) is 13.0 Å². The zero-order chi connectivity index (χ0) is 35.2. The minimum atomic E-state index is -4.95. The highest BCUT2D eigenvalue weighted by molar-refractivity contribution is 6.76. The number of ether oxygens (including phenoxy) is 1. The summed E-state index contributed by atoms with van der Waals surface area (Å²) in [4.78, 5) is 33.3. The number of nitrogens with one attached hydrogen (secondary N) is 1. The SMILES string of the molecule is C[C@H](Nc1cnn(COCC[Si](C)(C)C)c(=O)c1C(F)(F)F)[C@@H]1C[C@H]1Cn1ccc2cc(-c3ncc(C(F)(F)F)cn3)c(F)cc2c1=O. The number of rotatable bonds is 11. The van der Waals surface area contributed by atoms with Crippen molar-refractivity contribution in [1.29, 1.82) is 0 Å². The van der Waals surface area contributed by atoms with Crippen LogP contribution in [0.5, 0.6) is 0 Å². The number of anilines is 1. The summed E-state index contributed by atoms with van der Waals surface area (Å²) in [5.41, 5.74) is -4.92. The van der Waals surface area contributed by atoms with Crippen molar-refractivity contribution in [3.8, 4) is 11.4 Å². The first-order valence-electron chi connectivity index (χ1n) is 15.1. The highest BCUT2D eigenvalue weighted by Gasteiger charge is 2.43. The maximum absolute atomic E-state index is 15.0. The second-order valence-corrected chi connectivity index (χ2v) is 18.8. The Morgan fingerprint density at radius 3 is 2.33 bits per heavy atom. The molecule has 1 saturated carbocycles. The molecule has 0 spiro atoms. The smallest absolute Gasteiger partial charge is 0.380 e. The number of fused-ring (bicyclic) bond motifs is 1. The van der Waals surface area contributed by atoms with Crippen LogP contribution in [-0.2, 0) is 30.4 Å². The average molecular weight is 699 g/mol. The van der Waals surface area contributed by atoms with E-state index in [1.165, 1.54) is 16.8 Å². The molecular formula is C31H33F7N6O3Si. The van der Waals surface area contributed by atoms with Crippen molar-refractivity contribution in [1.82, 2.24) is 24.3 Å². The van der Waals surface area contributed by atoms with Gasteiger partial charge in [-0.2, -0.15) is 31.4 Å². The van der Waals surface area contributed by atoms with Crippen LogP contribution >= 0.6 is 0 Å². The van der Waals surface area contributed by atoms with Gasteiger partial charge in [0.25, 0.3) is 11.1 Å². The molecule has 0 radical (unpaired) electrons. The molecule has 3 atom stereocenters. The van der Waals surface area contributed by atoms with Gasteiger partial charge in [0.2, 0.25) is 0 Å². The standard InChI is InChI=1S/C31H33F7N6O3Si/c1-17(42-25-14-41-44(16-47-7-8-48(2,3)4)29(46)26(25)31(36,37)38)21-10-19(21)15-43-6-5-18-9-23(24(32)11-22(18)28(43)45)27-39-12-20(13-40-27)30(33,34)35/h5-6,9,11-14,17,19,21,42H,7-8,10,15-16H2,1-4H3/t17-,19-,21-/m0/s1. The first-order chi connectivity index (χ1) is 22.3. The summed E-state index contributed by atoms with van der Waals surface area (Å²) in [6.45, 7) is 8.16. The highest BCUT2D eigenvalue weighted by atomic mass is 28.3. The molecule has 1 aliphatic rings. The number of hydrogen-bond acceptors (Lipinski definition) is 7. The minimum Gasteiger partial charge on any atom is -0.380 e. The third kappa shape index (κ3) is 7.94. The molecule has 0 unspecified atom stereocenters. The molecule has 9 nitrogen and oxygen atoms in total. The number of pyridine rings is 1. The quantitative estimate of drug-likeness (QED) is 0.106. The van der Waals surface area contributed by atoms with Gasteiger partial charge < -0.3 is 14.6 Å². The molecule has 3 heterocycles. The normalized spacial score (nSPS) is 17.5. The Hall–Kier alpha value is -4.12. The molecule has 48 heavy (non-hydrogen) atoms. The molecule has 0 saturated heterocycles. The fourth-order valence-corrected chi connectivity index (χ4v) is 6.18. The van der Waals surface area contributed by atoms with E-state index in [9.17, 15) is 35.9 Å². The van der Waals surface area contributed by atoms with E-state index in [0.29, 0.717) is 35.5 Å². The van der Waals surface area contributed by atoms with Crippen LogP contribution in [0.2, 0.25) is 25.7 Å². The van der Waals surface area contributed by atoms with E-state index in [2.05, 4.69) is 40.0 Å². The Balaban J connectivity index is 1.27. The van der Waals surface area contributed by atoms with Gasteiger partial charge in [-0.1, -0.05) is 19.6 Å². The minimum absolute atomic E-state index is 0.0277. The Morgan fingerprint density at radius 2 is 1.71 bits per heavy atom. The van der Waals surface area contributed by atoms with Gasteiger partial charge in [0.1, 0.15) is 18.1 Å². The van der Waals surface area contributed by atoms with E-state index >= 15 is 4.39 Å². The monoisotopic (exact) mass is 698 g/mol. The van der Waals surface area contributed by atoms with Gasteiger partial charge in [0.15, 0.2) is 5.82 Å². The van der Waals surface area contributed by atoms with Crippen molar-refractivity contribution in [2.45, 2.75) is 70.7 Å². The van der Waals surface area contributed by atoms with E-state index in [-0.39, 0.29) is 35.2 Å². The summed E-state index contributed by atoms with van der Waals surface area (Å²) in [6, 6.07) is 4.07. The van der Waals surface area contributed by atoms with Crippen molar-refractivity contribution in [2.75, 3.05) is 11.9 Å². The van der Waals surface area contributed by atoms with Gasteiger partial charge in [-0.25, -0.2) is 19.0 Å². The fourth-order valence-electron chi connectivity index (χ4n) is 5.43. The van der Waals surface area contributed by atoms with Crippen LogP contribution in [0, 0.1) is 17.7 Å². The van der Waals surface area contributed by atoms with Gasteiger partial charge in [0.05, 0.1) is 28.4 Å². The molecule has 5 rings (SSSR count). The van der Waals surface area contributed by atoms with Crippen molar-refractivity contribution < 1.29 is 35.5 Å². The maximum atomic E-state index is 15.0. The Bertz CT molecular complexity index is 1920. The molecule has 4 aromatic rings. The van der Waals surface area contributed by atoms with Crippen molar-refractivity contribution in [3.63, 3.8) is 0 Å². The Labute approximate surface area is 270 Å². The molecule has 17 heteroatoms. The average Bonchev–Trinajstić information content (AvgIpc) is 3.75. The lowest BCUT2D eigenvalue weighted by molar-refractivity contribution is -0.139. The lowest BCUT2D eigenvalue weighted by Crippen LogP contribution is -2.34. The van der Waals surface area contributed by atoms with Crippen molar-refractivity contribution in [2.24, 2.45) is 11.8 Å². The third-order valence-corrected chi connectivity index (χ3v) is 9.96. The van der Waals surface area contributed by atoms with Crippen LogP contribution in [-0.4, -0.2) is 45.0 Å². The number of alkyl halides is 6. The van der Waals surface area contributed by atoms with Crippen LogP contribution in [0.4, 0.5) is 36.4 Å². The number of benzene rings is 1. The highest BCUT2D eigenvalue weighted by Crippen LogP contribution is 2.44. The van der Waals surface area contributed by atoms with Crippen LogP contribution in [0.3, 0.4) is 0 Å². The van der Waals surface area contributed by atoms with Crippen LogP contribution < -0.4 is 16.4 Å². The zero-order valence-electron chi connectivity index (χ0n) is 26.4. The van der Waals surface area contributed by atoms with Gasteiger partial charge in [0, 0.05) is 45.9 Å². The summed E-state index contributed by atoms with van der Waals surface area (Å²) in [6.07, 6.45) is -5.48. The topological polar surface area (TPSA) is 104 Å². The fraction of sp³-hybridized carbons (Fsp3) is 0.452. The third-order valence-electron chi connectivity index (χ3n) is 8.26. The molecule has 3 aromatic heterocycles. The molecular weight excluding hydrogens is 665 g/mol. The molecule has 0 amide bonds. The number of hydrogen-bond donors (Lipinski definition) is 1. The lowest BCUT2D eigenvalue weighted by Gasteiger charge is -2.20. The molecule has 1 aliphatic carbocycles. The lowest BCUT2D eigenvalue weighted by atomic mass is 10.1. The largest absolute Gasteiger partial charge is 0.423 e. The Kier molecular flexibility index (Phi) is 9.58.